The lowest BCUT2D eigenvalue weighted by atomic mass is 10.1. The lowest BCUT2D eigenvalue weighted by Crippen LogP contribution is -2.35. The van der Waals surface area contributed by atoms with Crippen molar-refractivity contribution in [1.29, 1.82) is 0 Å². The molecule has 2 bridgehead atoms. The number of H-pyrrole nitrogens is 1. The topological polar surface area (TPSA) is 119 Å². The summed E-state index contributed by atoms with van der Waals surface area (Å²) in [7, 11) is 1.90. The molecule has 0 fully saturated rings. The lowest BCUT2D eigenvalue weighted by molar-refractivity contribution is 0.131. The van der Waals surface area contributed by atoms with E-state index in [1.165, 1.54) is 0 Å². The van der Waals surface area contributed by atoms with Crippen LogP contribution in [0.1, 0.15) is 57.3 Å². The standard InChI is InChI=1S/C28H38N8O3/c1-8-35-14-18(5)39-28-25(19(6)32-34(28)7)20-11-22-23(30-31-26(22)29-12-20)10-9-21-24(15-35)36(13-17(4)37)33-27(21)38-16(2)3/h9-12,16-18,37H,8,13-15H2,1-7H3,(H,29,30,31)/b10-9+/t17-,18-/m0/s1. The van der Waals surface area contributed by atoms with E-state index in [0.29, 0.717) is 37.0 Å². The summed E-state index contributed by atoms with van der Waals surface area (Å²) in [6.45, 7) is 14.4. The molecule has 39 heavy (non-hydrogen) atoms. The predicted octanol–water partition coefficient (Wildman–Crippen LogP) is 3.80. The van der Waals surface area contributed by atoms with Crippen LogP contribution in [0.4, 0.5) is 0 Å². The van der Waals surface area contributed by atoms with Crippen molar-refractivity contribution in [2.75, 3.05) is 13.1 Å². The second kappa shape index (κ2) is 10.8. The van der Waals surface area contributed by atoms with Crippen molar-refractivity contribution in [3.63, 3.8) is 0 Å². The van der Waals surface area contributed by atoms with Crippen molar-refractivity contribution in [3.8, 4) is 22.9 Å². The van der Waals surface area contributed by atoms with Gasteiger partial charge in [0.15, 0.2) is 5.65 Å². The van der Waals surface area contributed by atoms with Gasteiger partial charge in [-0.3, -0.25) is 14.7 Å². The van der Waals surface area contributed by atoms with E-state index in [4.69, 9.17) is 14.6 Å². The highest BCUT2D eigenvalue weighted by atomic mass is 16.5. The van der Waals surface area contributed by atoms with Gasteiger partial charge in [-0.2, -0.15) is 10.2 Å². The summed E-state index contributed by atoms with van der Waals surface area (Å²) in [5.74, 6) is 1.25. The number of aryl methyl sites for hydroxylation is 2. The van der Waals surface area contributed by atoms with Gasteiger partial charge in [0.25, 0.3) is 0 Å². The zero-order valence-corrected chi connectivity index (χ0v) is 23.8. The van der Waals surface area contributed by atoms with Crippen molar-refractivity contribution in [1.82, 2.24) is 39.6 Å². The van der Waals surface area contributed by atoms with Gasteiger partial charge < -0.3 is 14.6 Å². The summed E-state index contributed by atoms with van der Waals surface area (Å²) in [5.41, 5.74) is 6.01. The minimum Gasteiger partial charge on any atom is -0.473 e. The molecule has 0 aliphatic carbocycles. The second-order valence-electron chi connectivity index (χ2n) is 10.6. The van der Waals surface area contributed by atoms with Crippen LogP contribution in [0.2, 0.25) is 0 Å². The second-order valence-corrected chi connectivity index (χ2v) is 10.6. The number of nitrogens with zero attached hydrogens (tertiary/aromatic N) is 7. The van der Waals surface area contributed by atoms with E-state index in [9.17, 15) is 5.11 Å². The Morgan fingerprint density at radius 1 is 1.23 bits per heavy atom. The summed E-state index contributed by atoms with van der Waals surface area (Å²) in [6, 6.07) is 2.08. The van der Waals surface area contributed by atoms with Gasteiger partial charge in [-0.1, -0.05) is 6.92 Å². The summed E-state index contributed by atoms with van der Waals surface area (Å²) < 4.78 is 16.4. The molecule has 5 rings (SSSR count). The van der Waals surface area contributed by atoms with E-state index >= 15 is 0 Å². The number of pyridine rings is 1. The minimum absolute atomic E-state index is 0.0557. The molecule has 4 aromatic heterocycles. The molecule has 2 N–H and O–H groups in total. The summed E-state index contributed by atoms with van der Waals surface area (Å²) >= 11 is 0. The van der Waals surface area contributed by atoms with Crippen LogP contribution >= 0.6 is 0 Å². The summed E-state index contributed by atoms with van der Waals surface area (Å²) in [5, 5.41) is 28.1. The SMILES string of the molecule is CCN1Cc2c(c(OC(C)C)nn2C[C@H](C)O)/C=C/c2[nH]nc3ncc(cc23)-c2c(C)nn(C)c2O[C@@H](C)C1. The van der Waals surface area contributed by atoms with Crippen LogP contribution in [-0.4, -0.2) is 76.2 Å². The van der Waals surface area contributed by atoms with Crippen molar-refractivity contribution < 1.29 is 14.6 Å². The van der Waals surface area contributed by atoms with Gasteiger partial charge in [0.1, 0.15) is 6.10 Å². The van der Waals surface area contributed by atoms with Gasteiger partial charge in [0.05, 0.1) is 47.0 Å². The Morgan fingerprint density at radius 2 is 2.03 bits per heavy atom. The Labute approximate surface area is 228 Å². The number of hydrogen-bond acceptors (Lipinski definition) is 8. The van der Waals surface area contributed by atoms with Crippen LogP contribution < -0.4 is 9.47 Å². The molecule has 5 heterocycles. The average Bonchev–Trinajstić information content (AvgIpc) is 3.49. The number of aliphatic hydroxyl groups excluding tert-OH is 1. The van der Waals surface area contributed by atoms with E-state index < -0.39 is 6.10 Å². The highest BCUT2D eigenvalue weighted by molar-refractivity contribution is 5.91. The highest BCUT2D eigenvalue weighted by Gasteiger charge is 2.25. The smallest absolute Gasteiger partial charge is 0.240 e. The largest absolute Gasteiger partial charge is 0.473 e. The highest BCUT2D eigenvalue weighted by Crippen LogP contribution is 2.36. The monoisotopic (exact) mass is 534 g/mol. The molecule has 0 amide bonds. The Bertz CT molecular complexity index is 1500. The molecule has 1 aliphatic heterocycles. The Hall–Kier alpha value is -3.70. The summed E-state index contributed by atoms with van der Waals surface area (Å²) in [6.07, 6.45) is 5.09. The first-order chi connectivity index (χ1) is 18.6. The van der Waals surface area contributed by atoms with Crippen molar-refractivity contribution in [2.45, 2.75) is 72.9 Å². The molecular formula is C28H38N8O3. The van der Waals surface area contributed by atoms with Gasteiger partial charge in [-0.05, 0) is 59.4 Å². The molecule has 208 valence electrons. The van der Waals surface area contributed by atoms with Crippen molar-refractivity contribution >= 4 is 23.2 Å². The normalized spacial score (nSPS) is 17.9. The Morgan fingerprint density at radius 3 is 2.74 bits per heavy atom. The molecule has 0 spiro atoms. The number of aromatic nitrogens is 7. The summed E-state index contributed by atoms with van der Waals surface area (Å²) in [4.78, 5) is 6.94. The van der Waals surface area contributed by atoms with Crippen LogP contribution in [0.3, 0.4) is 0 Å². The molecule has 11 heteroatoms. The predicted molar refractivity (Wildman–Crippen MR) is 150 cm³/mol. The van der Waals surface area contributed by atoms with E-state index in [1.54, 1.807) is 11.6 Å². The molecule has 0 aromatic carbocycles. The molecule has 0 radical (unpaired) electrons. The molecule has 0 saturated heterocycles. The third-order valence-electron chi connectivity index (χ3n) is 6.81. The first kappa shape index (κ1) is 26.9. The Kier molecular flexibility index (Phi) is 7.46. The van der Waals surface area contributed by atoms with Gasteiger partial charge >= 0.3 is 0 Å². The minimum atomic E-state index is -0.564. The Balaban J connectivity index is 1.72. The number of likely N-dealkylation sites (N-methyl/N-ethyl adjacent to an activating group) is 1. The van der Waals surface area contributed by atoms with E-state index in [-0.39, 0.29) is 12.2 Å². The molecule has 11 nitrogen and oxygen atoms in total. The molecule has 0 saturated carbocycles. The number of nitrogens with one attached hydrogen (secondary N) is 1. The molecule has 0 unspecified atom stereocenters. The number of fused-ring (bicyclic) bond motifs is 4. The van der Waals surface area contributed by atoms with Crippen LogP contribution in [0.15, 0.2) is 12.3 Å². The third kappa shape index (κ3) is 5.41. The third-order valence-corrected chi connectivity index (χ3v) is 6.81. The van der Waals surface area contributed by atoms with Crippen molar-refractivity contribution in [2.24, 2.45) is 7.05 Å². The van der Waals surface area contributed by atoms with Gasteiger partial charge in [0, 0.05) is 37.3 Å². The fourth-order valence-electron chi connectivity index (χ4n) is 5.09. The van der Waals surface area contributed by atoms with Crippen LogP contribution in [0, 0.1) is 6.92 Å². The average molecular weight is 535 g/mol. The van der Waals surface area contributed by atoms with Crippen LogP contribution in [0.5, 0.6) is 11.8 Å². The van der Waals surface area contributed by atoms with Gasteiger partial charge in [-0.15, -0.1) is 5.10 Å². The van der Waals surface area contributed by atoms with Gasteiger partial charge in [0.2, 0.25) is 11.8 Å². The van der Waals surface area contributed by atoms with E-state index in [2.05, 4.69) is 45.1 Å². The molecule has 4 aromatic rings. The molecule has 1 aliphatic rings. The maximum absolute atomic E-state index is 10.3. The quantitative estimate of drug-likeness (QED) is 0.397. The van der Waals surface area contributed by atoms with Crippen LogP contribution in [0.25, 0.3) is 34.3 Å². The first-order valence-corrected chi connectivity index (χ1v) is 13.5. The fraction of sp³-hybridized carbons (Fsp3) is 0.500. The fourth-order valence-corrected chi connectivity index (χ4v) is 5.09. The maximum atomic E-state index is 10.3. The first-order valence-electron chi connectivity index (χ1n) is 13.5. The maximum Gasteiger partial charge on any atom is 0.240 e. The van der Waals surface area contributed by atoms with E-state index in [0.717, 1.165) is 45.7 Å². The number of aliphatic hydroxyl groups is 1. The zero-order valence-electron chi connectivity index (χ0n) is 23.8. The number of ether oxygens (including phenoxy) is 2. The molecule has 2 atom stereocenters. The number of rotatable bonds is 5. The van der Waals surface area contributed by atoms with Crippen LogP contribution in [-0.2, 0) is 20.1 Å². The lowest BCUT2D eigenvalue weighted by Gasteiger charge is -2.26. The number of aromatic amines is 1. The van der Waals surface area contributed by atoms with Crippen molar-refractivity contribution in [3.05, 3.63) is 34.9 Å². The van der Waals surface area contributed by atoms with Gasteiger partial charge in [-0.25, -0.2) is 9.67 Å². The zero-order chi connectivity index (χ0) is 27.8. The van der Waals surface area contributed by atoms with E-state index in [1.807, 2.05) is 50.8 Å². The number of hydrogen-bond donors (Lipinski definition) is 2. The molecular weight excluding hydrogens is 496 g/mol.